The highest BCUT2D eigenvalue weighted by molar-refractivity contribution is 9.10. The molecule has 0 unspecified atom stereocenters. The van der Waals surface area contributed by atoms with Crippen molar-refractivity contribution in [1.29, 1.82) is 0 Å². The van der Waals surface area contributed by atoms with Crippen molar-refractivity contribution in [2.24, 2.45) is 0 Å². The van der Waals surface area contributed by atoms with Gasteiger partial charge in [-0.25, -0.2) is 0 Å². The lowest BCUT2D eigenvalue weighted by Crippen LogP contribution is -2.43. The topological polar surface area (TPSA) is 18.5 Å². The van der Waals surface area contributed by atoms with E-state index in [1.807, 2.05) is 0 Å². The van der Waals surface area contributed by atoms with Crippen molar-refractivity contribution in [3.8, 4) is 0 Å². The molecule has 3 nitrogen and oxygen atoms in total. The molecule has 1 aliphatic rings. The van der Waals surface area contributed by atoms with Gasteiger partial charge in [0.15, 0.2) is 0 Å². The third-order valence-corrected chi connectivity index (χ3v) is 5.16. The normalized spacial score (nSPS) is 17.1. The van der Waals surface area contributed by atoms with Gasteiger partial charge in [0.25, 0.3) is 0 Å². The molecule has 0 radical (unpaired) electrons. The number of likely N-dealkylation sites (tertiary alicyclic amines) is 1. The average molecular weight is 354 g/mol. The van der Waals surface area contributed by atoms with E-state index in [-0.39, 0.29) is 0 Å². The Balaban J connectivity index is 2.00. The van der Waals surface area contributed by atoms with Crippen LogP contribution in [0.25, 0.3) is 0 Å². The Morgan fingerprint density at radius 1 is 1.29 bits per heavy atom. The van der Waals surface area contributed by atoms with Gasteiger partial charge in [-0.1, -0.05) is 19.9 Å². The third kappa shape index (κ3) is 4.44. The van der Waals surface area contributed by atoms with Gasteiger partial charge in [-0.2, -0.15) is 0 Å². The van der Waals surface area contributed by atoms with Gasteiger partial charge in [0.2, 0.25) is 0 Å². The van der Waals surface area contributed by atoms with E-state index in [1.165, 1.54) is 48.2 Å². The second-order valence-corrected chi connectivity index (χ2v) is 6.70. The minimum Gasteiger partial charge on any atom is -0.371 e. The van der Waals surface area contributed by atoms with E-state index in [0.29, 0.717) is 6.04 Å². The van der Waals surface area contributed by atoms with E-state index in [1.54, 1.807) is 0 Å². The van der Waals surface area contributed by atoms with Crippen LogP contribution in [0, 0.1) is 0 Å². The summed E-state index contributed by atoms with van der Waals surface area (Å²) in [7, 11) is 2.23. The van der Waals surface area contributed by atoms with Gasteiger partial charge in [0.05, 0.1) is 5.69 Å². The molecule has 1 heterocycles. The van der Waals surface area contributed by atoms with Gasteiger partial charge in [-0.3, -0.25) is 0 Å². The fourth-order valence-corrected chi connectivity index (χ4v) is 3.74. The van der Waals surface area contributed by atoms with Gasteiger partial charge < -0.3 is 15.1 Å². The Morgan fingerprint density at radius 3 is 2.57 bits per heavy atom. The Kier molecular flexibility index (Phi) is 6.52. The van der Waals surface area contributed by atoms with Crippen LogP contribution in [0.2, 0.25) is 0 Å². The second-order valence-electron chi connectivity index (χ2n) is 5.84. The summed E-state index contributed by atoms with van der Waals surface area (Å²) in [5.74, 6) is 0. The molecule has 0 saturated carbocycles. The molecule has 1 aromatic carbocycles. The molecule has 0 spiro atoms. The smallest absolute Gasteiger partial charge is 0.0510 e. The predicted octanol–water partition coefficient (Wildman–Crippen LogP) is 3.48. The molecule has 21 heavy (non-hydrogen) atoms. The van der Waals surface area contributed by atoms with Crippen molar-refractivity contribution < 1.29 is 0 Å². The number of piperidine rings is 1. The molecule has 0 aliphatic carbocycles. The summed E-state index contributed by atoms with van der Waals surface area (Å²) < 4.78 is 1.21. The highest BCUT2D eigenvalue weighted by Gasteiger charge is 2.22. The van der Waals surface area contributed by atoms with Crippen LogP contribution in [-0.4, -0.2) is 44.2 Å². The van der Waals surface area contributed by atoms with Gasteiger partial charge >= 0.3 is 0 Å². The lowest BCUT2D eigenvalue weighted by Gasteiger charge is -2.37. The molecule has 1 fully saturated rings. The Morgan fingerprint density at radius 2 is 2.00 bits per heavy atom. The lowest BCUT2D eigenvalue weighted by atomic mass is 10.0. The maximum atomic E-state index is 3.75. The predicted molar refractivity (Wildman–Crippen MR) is 95.1 cm³/mol. The van der Waals surface area contributed by atoms with Gasteiger partial charge in [0.1, 0.15) is 0 Å². The van der Waals surface area contributed by atoms with Crippen molar-refractivity contribution >= 4 is 21.6 Å². The molecule has 2 rings (SSSR count). The molecule has 0 amide bonds. The Labute approximate surface area is 137 Å². The number of anilines is 1. The van der Waals surface area contributed by atoms with Crippen molar-refractivity contribution in [2.75, 3.05) is 38.1 Å². The van der Waals surface area contributed by atoms with Crippen LogP contribution in [-0.2, 0) is 6.54 Å². The highest BCUT2D eigenvalue weighted by atomic mass is 79.9. The first-order valence-corrected chi connectivity index (χ1v) is 8.89. The maximum Gasteiger partial charge on any atom is 0.0510 e. The zero-order chi connectivity index (χ0) is 15.2. The average Bonchev–Trinajstić information content (AvgIpc) is 2.52. The molecule has 0 atom stereocenters. The molecule has 1 aromatic rings. The van der Waals surface area contributed by atoms with Crippen LogP contribution in [0.3, 0.4) is 0 Å². The molecular formula is C17H28BrN3. The first-order chi connectivity index (χ1) is 10.2. The van der Waals surface area contributed by atoms with Crippen LogP contribution in [0.15, 0.2) is 22.7 Å². The van der Waals surface area contributed by atoms with Crippen LogP contribution in [0.5, 0.6) is 0 Å². The standard InChI is InChI=1S/C17H28BrN3/c1-4-19-13-14-6-7-17(16(18)12-14)20(3)15-8-10-21(5-2)11-9-15/h6-7,12,15,19H,4-5,8-11,13H2,1-3H3. The van der Waals surface area contributed by atoms with Gasteiger partial charge in [0, 0.05) is 37.2 Å². The first kappa shape index (κ1) is 16.8. The summed E-state index contributed by atoms with van der Waals surface area (Å²) in [5.41, 5.74) is 2.65. The fourth-order valence-electron chi connectivity index (χ4n) is 3.04. The maximum absolute atomic E-state index is 3.75. The van der Waals surface area contributed by atoms with E-state index >= 15 is 0 Å². The minimum absolute atomic E-state index is 0.656. The summed E-state index contributed by atoms with van der Waals surface area (Å²) in [6, 6.07) is 7.39. The number of halogens is 1. The number of benzene rings is 1. The van der Waals surface area contributed by atoms with Crippen molar-refractivity contribution in [3.63, 3.8) is 0 Å². The molecular weight excluding hydrogens is 326 g/mol. The molecule has 1 saturated heterocycles. The SMILES string of the molecule is CCNCc1ccc(N(C)C2CCN(CC)CC2)c(Br)c1. The van der Waals surface area contributed by atoms with Crippen LogP contribution in [0.1, 0.15) is 32.3 Å². The summed E-state index contributed by atoms with van der Waals surface area (Å²) in [6.45, 7) is 9.97. The third-order valence-electron chi connectivity index (χ3n) is 4.52. The summed E-state index contributed by atoms with van der Waals surface area (Å²) in [6.07, 6.45) is 2.52. The minimum atomic E-state index is 0.656. The summed E-state index contributed by atoms with van der Waals surface area (Å²) in [4.78, 5) is 4.99. The van der Waals surface area contributed by atoms with Gasteiger partial charge in [-0.15, -0.1) is 0 Å². The molecule has 1 aliphatic heterocycles. The van der Waals surface area contributed by atoms with Crippen LogP contribution in [0.4, 0.5) is 5.69 Å². The van der Waals surface area contributed by atoms with E-state index in [9.17, 15) is 0 Å². The molecule has 1 N–H and O–H groups in total. The van der Waals surface area contributed by atoms with Crippen molar-refractivity contribution in [3.05, 3.63) is 28.2 Å². The largest absolute Gasteiger partial charge is 0.371 e. The van der Waals surface area contributed by atoms with E-state index < -0.39 is 0 Å². The van der Waals surface area contributed by atoms with Crippen molar-refractivity contribution in [1.82, 2.24) is 10.2 Å². The quantitative estimate of drug-likeness (QED) is 0.844. The Hall–Kier alpha value is -0.580. The molecule has 4 heteroatoms. The zero-order valence-corrected chi connectivity index (χ0v) is 15.1. The fraction of sp³-hybridized carbons (Fsp3) is 0.647. The monoisotopic (exact) mass is 353 g/mol. The zero-order valence-electron chi connectivity index (χ0n) is 13.5. The summed E-state index contributed by atoms with van der Waals surface area (Å²) in [5, 5.41) is 3.38. The first-order valence-electron chi connectivity index (χ1n) is 8.10. The van der Waals surface area contributed by atoms with Crippen molar-refractivity contribution in [2.45, 2.75) is 39.3 Å². The number of nitrogens with one attached hydrogen (secondary N) is 1. The highest BCUT2D eigenvalue weighted by Crippen LogP contribution is 2.30. The van der Waals surface area contributed by atoms with Crippen LogP contribution < -0.4 is 10.2 Å². The second kappa shape index (κ2) is 8.16. The number of hydrogen-bond acceptors (Lipinski definition) is 3. The van der Waals surface area contributed by atoms with E-state index in [0.717, 1.165) is 13.1 Å². The molecule has 118 valence electrons. The van der Waals surface area contributed by atoms with Gasteiger partial charge in [-0.05, 0) is 59.6 Å². The number of rotatable bonds is 6. The van der Waals surface area contributed by atoms with E-state index in [2.05, 4.69) is 70.1 Å². The van der Waals surface area contributed by atoms with Crippen LogP contribution >= 0.6 is 15.9 Å². The molecule has 0 aromatic heterocycles. The van der Waals surface area contributed by atoms with E-state index in [4.69, 9.17) is 0 Å². The summed E-state index contributed by atoms with van der Waals surface area (Å²) >= 11 is 3.75. The molecule has 0 bridgehead atoms. The lowest BCUT2D eigenvalue weighted by molar-refractivity contribution is 0.221. The number of nitrogens with zero attached hydrogens (tertiary/aromatic N) is 2. The Bertz CT molecular complexity index is 442. The number of hydrogen-bond donors (Lipinski definition) is 1.